The molecule has 0 aliphatic rings. The highest BCUT2D eigenvalue weighted by Gasteiger charge is 2.30. The predicted molar refractivity (Wildman–Crippen MR) is 102 cm³/mol. The van der Waals surface area contributed by atoms with Crippen molar-refractivity contribution in [2.75, 3.05) is 0 Å². The van der Waals surface area contributed by atoms with E-state index in [1.165, 1.54) is 6.07 Å². The van der Waals surface area contributed by atoms with Gasteiger partial charge in [0.15, 0.2) is 0 Å². The number of para-hydroxylation sites is 2. The zero-order valence-electron chi connectivity index (χ0n) is 15.0. The van der Waals surface area contributed by atoms with Gasteiger partial charge in [-0.3, -0.25) is 0 Å². The lowest BCUT2D eigenvalue weighted by Gasteiger charge is -2.07. The van der Waals surface area contributed by atoms with Gasteiger partial charge in [-0.15, -0.1) is 0 Å². The first-order chi connectivity index (χ1) is 13.9. The molecule has 0 aliphatic carbocycles. The van der Waals surface area contributed by atoms with Crippen molar-refractivity contribution in [1.29, 1.82) is 5.26 Å². The number of alkyl halides is 3. The van der Waals surface area contributed by atoms with E-state index in [2.05, 4.69) is 11.1 Å². The Bertz CT molecular complexity index is 1240. The molecular weight excluding hydrogens is 379 g/mol. The Morgan fingerprint density at radius 1 is 1.10 bits per heavy atom. The summed E-state index contributed by atoms with van der Waals surface area (Å²) in [7, 11) is 0. The Morgan fingerprint density at radius 3 is 2.72 bits per heavy atom. The number of aromatic nitrogens is 2. The minimum absolute atomic E-state index is 0.299. The van der Waals surface area contributed by atoms with Crippen LogP contribution in [0.5, 0.6) is 0 Å². The quantitative estimate of drug-likeness (QED) is 0.404. The maximum atomic E-state index is 12.9. The number of allylic oxidation sites excluding steroid dienone is 1. The lowest BCUT2D eigenvalue weighted by molar-refractivity contribution is -0.137. The predicted octanol–water partition coefficient (Wildman–Crippen LogP) is 5.92. The molecule has 4 rings (SSSR count). The van der Waals surface area contributed by atoms with Gasteiger partial charge in [0.2, 0.25) is 0 Å². The molecule has 144 valence electrons. The third-order valence-electron chi connectivity index (χ3n) is 4.43. The fourth-order valence-corrected chi connectivity index (χ4v) is 3.04. The normalized spacial score (nSPS) is 12.3. The number of rotatable bonds is 4. The van der Waals surface area contributed by atoms with E-state index in [1.807, 2.05) is 28.8 Å². The Kier molecular flexibility index (Phi) is 4.69. The molecule has 2 heterocycles. The van der Waals surface area contributed by atoms with Crippen LogP contribution in [-0.4, -0.2) is 9.55 Å². The summed E-state index contributed by atoms with van der Waals surface area (Å²) in [5.74, 6) is 0.686. The highest BCUT2D eigenvalue weighted by Crippen LogP contribution is 2.33. The Morgan fingerprint density at radius 2 is 1.93 bits per heavy atom. The van der Waals surface area contributed by atoms with E-state index in [-0.39, 0.29) is 0 Å². The number of nitriles is 1. The highest BCUT2D eigenvalue weighted by atomic mass is 19.4. The van der Waals surface area contributed by atoms with Crippen LogP contribution in [0.4, 0.5) is 13.2 Å². The van der Waals surface area contributed by atoms with Crippen molar-refractivity contribution in [3.8, 4) is 17.4 Å². The molecule has 0 amide bonds. The third-order valence-corrected chi connectivity index (χ3v) is 4.43. The number of hydrogen-bond donors (Lipinski definition) is 0. The van der Waals surface area contributed by atoms with E-state index >= 15 is 0 Å². The second-order valence-corrected chi connectivity index (χ2v) is 6.42. The number of hydrogen-bond acceptors (Lipinski definition) is 3. The van der Waals surface area contributed by atoms with Crippen LogP contribution in [0.1, 0.15) is 11.3 Å². The number of halogens is 3. The van der Waals surface area contributed by atoms with Gasteiger partial charge in [0.25, 0.3) is 0 Å². The monoisotopic (exact) mass is 393 g/mol. The standard InChI is InChI=1S/C22H14F3N3O/c23-22(24,25)17-5-3-4-16(11-17)21-9-8-18(29-21)10-15(12-26)13-28-14-27-19-6-1-2-7-20(19)28/h1-11,14H,13H2/b15-10-. The van der Waals surface area contributed by atoms with E-state index in [4.69, 9.17) is 4.42 Å². The molecule has 0 radical (unpaired) electrons. The zero-order valence-corrected chi connectivity index (χ0v) is 15.0. The number of imidazole rings is 1. The Labute approximate surface area is 164 Å². The molecule has 4 aromatic rings. The maximum Gasteiger partial charge on any atom is 0.416 e. The van der Waals surface area contributed by atoms with Gasteiger partial charge in [-0.2, -0.15) is 18.4 Å². The van der Waals surface area contributed by atoms with Gasteiger partial charge in [0, 0.05) is 5.56 Å². The van der Waals surface area contributed by atoms with Gasteiger partial charge in [-0.05, 0) is 42.5 Å². The molecule has 0 saturated heterocycles. The van der Waals surface area contributed by atoms with Crippen LogP contribution in [0.3, 0.4) is 0 Å². The summed E-state index contributed by atoms with van der Waals surface area (Å²) in [5, 5.41) is 9.49. The van der Waals surface area contributed by atoms with E-state index in [1.54, 1.807) is 30.6 Å². The van der Waals surface area contributed by atoms with Crippen molar-refractivity contribution in [3.63, 3.8) is 0 Å². The maximum absolute atomic E-state index is 12.9. The molecule has 2 aromatic carbocycles. The molecule has 0 saturated carbocycles. The first-order valence-corrected chi connectivity index (χ1v) is 8.72. The van der Waals surface area contributed by atoms with Crippen LogP contribution in [0.2, 0.25) is 0 Å². The van der Waals surface area contributed by atoms with Crippen molar-refractivity contribution in [3.05, 3.63) is 83.9 Å². The average molecular weight is 393 g/mol. The van der Waals surface area contributed by atoms with Crippen molar-refractivity contribution >= 4 is 17.1 Å². The second kappa shape index (κ2) is 7.32. The summed E-state index contributed by atoms with van der Waals surface area (Å²) >= 11 is 0. The fraction of sp³-hybridized carbons (Fsp3) is 0.0909. The number of furan rings is 1. The summed E-state index contributed by atoms with van der Waals surface area (Å²) < 4.78 is 46.2. The molecular formula is C22H14F3N3O. The average Bonchev–Trinajstić information content (AvgIpc) is 3.34. The van der Waals surface area contributed by atoms with Crippen LogP contribution < -0.4 is 0 Å². The van der Waals surface area contributed by atoms with E-state index in [0.29, 0.717) is 29.2 Å². The van der Waals surface area contributed by atoms with Gasteiger partial charge < -0.3 is 8.98 Å². The summed E-state index contributed by atoms with van der Waals surface area (Å²) in [4.78, 5) is 4.30. The van der Waals surface area contributed by atoms with Crippen LogP contribution in [-0.2, 0) is 12.7 Å². The number of nitrogens with zero attached hydrogens (tertiary/aromatic N) is 3. The lowest BCUT2D eigenvalue weighted by atomic mass is 10.1. The van der Waals surface area contributed by atoms with E-state index < -0.39 is 11.7 Å². The number of benzene rings is 2. The Hall–Kier alpha value is -3.79. The topological polar surface area (TPSA) is 54.8 Å². The Balaban J connectivity index is 1.60. The number of fused-ring (bicyclic) bond motifs is 1. The molecule has 2 aromatic heterocycles. The molecule has 0 spiro atoms. The zero-order chi connectivity index (χ0) is 20.4. The van der Waals surface area contributed by atoms with Gasteiger partial charge in [0.1, 0.15) is 11.5 Å². The van der Waals surface area contributed by atoms with Crippen molar-refractivity contribution in [1.82, 2.24) is 9.55 Å². The minimum atomic E-state index is -4.42. The van der Waals surface area contributed by atoms with Crippen molar-refractivity contribution in [2.24, 2.45) is 0 Å². The molecule has 7 heteroatoms. The van der Waals surface area contributed by atoms with Gasteiger partial charge >= 0.3 is 6.18 Å². The molecule has 0 fully saturated rings. The minimum Gasteiger partial charge on any atom is -0.457 e. The third kappa shape index (κ3) is 3.92. The lowest BCUT2D eigenvalue weighted by Crippen LogP contribution is -2.04. The first-order valence-electron chi connectivity index (χ1n) is 8.72. The van der Waals surface area contributed by atoms with Crippen LogP contribution in [0.25, 0.3) is 28.4 Å². The fourth-order valence-electron chi connectivity index (χ4n) is 3.04. The highest BCUT2D eigenvalue weighted by molar-refractivity contribution is 5.75. The summed E-state index contributed by atoms with van der Waals surface area (Å²) in [5.41, 5.74) is 1.73. The van der Waals surface area contributed by atoms with Gasteiger partial charge in [-0.1, -0.05) is 24.3 Å². The van der Waals surface area contributed by atoms with Crippen LogP contribution in [0.15, 0.2) is 77.0 Å². The molecule has 29 heavy (non-hydrogen) atoms. The van der Waals surface area contributed by atoms with Crippen molar-refractivity contribution < 1.29 is 17.6 Å². The molecule has 0 bridgehead atoms. The van der Waals surface area contributed by atoms with Gasteiger partial charge in [0.05, 0.1) is 41.1 Å². The molecule has 4 nitrogen and oxygen atoms in total. The SMILES string of the molecule is N#C/C(=C/c1ccc(-c2cccc(C(F)(F)F)c2)o1)Cn1cnc2ccccc21. The van der Waals surface area contributed by atoms with E-state index in [9.17, 15) is 18.4 Å². The summed E-state index contributed by atoms with van der Waals surface area (Å²) in [6.07, 6.45) is -1.19. The molecule has 0 aliphatic heterocycles. The first kappa shape index (κ1) is 18.6. The second-order valence-electron chi connectivity index (χ2n) is 6.42. The van der Waals surface area contributed by atoms with Crippen molar-refractivity contribution in [2.45, 2.75) is 12.7 Å². The summed E-state index contributed by atoms with van der Waals surface area (Å²) in [6.45, 7) is 0.302. The van der Waals surface area contributed by atoms with Crippen LogP contribution >= 0.6 is 0 Å². The smallest absolute Gasteiger partial charge is 0.416 e. The van der Waals surface area contributed by atoms with Crippen LogP contribution in [0, 0.1) is 11.3 Å². The molecule has 0 atom stereocenters. The largest absolute Gasteiger partial charge is 0.457 e. The molecule has 0 N–H and O–H groups in total. The van der Waals surface area contributed by atoms with Gasteiger partial charge in [-0.25, -0.2) is 4.98 Å². The summed E-state index contributed by atoms with van der Waals surface area (Å²) in [6, 6.07) is 17.9. The molecule has 0 unspecified atom stereocenters. The van der Waals surface area contributed by atoms with E-state index in [0.717, 1.165) is 23.2 Å².